The molecule has 7 unspecified atom stereocenters. The fourth-order valence-corrected chi connectivity index (χ4v) is 9.59. The van der Waals surface area contributed by atoms with Crippen molar-refractivity contribution < 1.29 is 29.3 Å². The van der Waals surface area contributed by atoms with Crippen molar-refractivity contribution in [3.8, 4) is 11.5 Å². The van der Waals surface area contributed by atoms with Crippen LogP contribution < -0.4 is 20.5 Å². The number of aliphatic hydroxyl groups is 2. The maximum atomic E-state index is 13.7. The summed E-state index contributed by atoms with van der Waals surface area (Å²) in [4.78, 5) is 31.8. The number of nitrogens with two attached hydrogens (primary N) is 1. The number of amides is 1. The van der Waals surface area contributed by atoms with E-state index in [0.717, 1.165) is 94.9 Å². The standard InChI is InChI=1S/C48H61Cl2N5O6/c1-30(8-2-3-9-32-27-44(32)61-43-17-12-33(24-38(43)50)45(56)39(51)28-53-19-4-5-20-53)55-23-18-31-10-11-35(26-41(31)55)47(58)48(59)52-40(29-54-21-6-7-22-54)46(57)34-13-16-42(37(49)25-34)60-36-14-15-36/h10-13,16-18,23-26,30,32,36,39-40,44-46,56-57H,2-9,14-15,19-22,27-29,51H2,1H3,(H,52,59). The summed E-state index contributed by atoms with van der Waals surface area (Å²) in [5.41, 5.74) is 8.83. The monoisotopic (exact) mass is 873 g/mol. The van der Waals surface area contributed by atoms with Crippen molar-refractivity contribution in [2.75, 3.05) is 39.3 Å². The molecule has 2 saturated heterocycles. The number of nitrogens with one attached hydrogen (secondary N) is 1. The van der Waals surface area contributed by atoms with E-state index in [9.17, 15) is 19.8 Å². The van der Waals surface area contributed by atoms with Gasteiger partial charge in [-0.1, -0.05) is 60.3 Å². The van der Waals surface area contributed by atoms with Crippen LogP contribution in [-0.2, 0) is 4.79 Å². The maximum absolute atomic E-state index is 13.7. The molecular formula is C48H61Cl2N5O6. The Kier molecular flexibility index (Phi) is 14.3. The van der Waals surface area contributed by atoms with Gasteiger partial charge in [0.25, 0.3) is 5.91 Å². The van der Waals surface area contributed by atoms with Crippen molar-refractivity contribution in [1.82, 2.24) is 19.7 Å². The average molecular weight is 875 g/mol. The first-order valence-electron chi connectivity index (χ1n) is 22.4. The van der Waals surface area contributed by atoms with Gasteiger partial charge in [-0.2, -0.15) is 0 Å². The first kappa shape index (κ1) is 43.9. The number of nitrogens with zero attached hydrogens (tertiary/aromatic N) is 3. The van der Waals surface area contributed by atoms with E-state index in [2.05, 4.69) is 32.8 Å². The van der Waals surface area contributed by atoms with E-state index in [1.807, 2.05) is 30.3 Å². The molecule has 5 N–H and O–H groups in total. The molecule has 4 aliphatic rings. The highest BCUT2D eigenvalue weighted by molar-refractivity contribution is 6.43. The topological polar surface area (TPSA) is 143 Å². The molecule has 4 fully saturated rings. The molecule has 1 aromatic heterocycles. The van der Waals surface area contributed by atoms with E-state index < -0.39 is 29.9 Å². The third-order valence-corrected chi connectivity index (χ3v) is 13.7. The van der Waals surface area contributed by atoms with Gasteiger partial charge >= 0.3 is 0 Å². The summed E-state index contributed by atoms with van der Waals surface area (Å²) >= 11 is 13.2. The molecule has 3 heterocycles. The van der Waals surface area contributed by atoms with Crippen LogP contribution >= 0.6 is 23.2 Å². The summed E-state index contributed by atoms with van der Waals surface area (Å²) in [6.07, 6.45) is 12.2. The normalized spacial score (nSPS) is 21.9. The highest BCUT2D eigenvalue weighted by Crippen LogP contribution is 2.41. The Balaban J connectivity index is 0.818. The van der Waals surface area contributed by atoms with Gasteiger partial charge in [-0.05, 0) is 150 Å². The summed E-state index contributed by atoms with van der Waals surface area (Å²) in [6, 6.07) is 17.3. The van der Waals surface area contributed by atoms with E-state index in [-0.39, 0.29) is 24.3 Å². The molecule has 1 amide bonds. The minimum absolute atomic E-state index is 0.139. The molecule has 7 atom stereocenters. The summed E-state index contributed by atoms with van der Waals surface area (Å²) in [6.45, 7) is 7.08. The molecule has 2 aliphatic carbocycles. The first-order valence-corrected chi connectivity index (χ1v) is 23.2. The van der Waals surface area contributed by atoms with Crippen LogP contribution in [-0.4, -0.2) is 99.8 Å². The number of Topliss-reactive ketones (excluding diaryl/α,β-unsaturated/α-hetero) is 1. The number of carbonyl (C=O) groups excluding carboxylic acids is 2. The second-order valence-corrected chi connectivity index (χ2v) is 18.8. The molecule has 0 spiro atoms. The van der Waals surface area contributed by atoms with Crippen molar-refractivity contribution in [2.24, 2.45) is 11.7 Å². The highest BCUT2D eigenvalue weighted by Gasteiger charge is 2.39. The number of carbonyl (C=O) groups is 2. The zero-order valence-electron chi connectivity index (χ0n) is 35.2. The lowest BCUT2D eigenvalue weighted by molar-refractivity contribution is -0.118. The SMILES string of the molecule is CC(CCCCC1CC1Oc1ccc(C(O)C(N)CN2CCCC2)cc1Cl)n1ccc2ccc(C(=O)C(=O)NC(CN3CCCC3)C(O)c3ccc(OC4CC4)c(Cl)c3)cc21. The van der Waals surface area contributed by atoms with Gasteiger partial charge in [-0.15, -0.1) is 0 Å². The smallest absolute Gasteiger partial charge is 0.292 e. The van der Waals surface area contributed by atoms with E-state index in [0.29, 0.717) is 57.2 Å². The van der Waals surface area contributed by atoms with Crippen molar-refractivity contribution in [1.29, 1.82) is 0 Å². The number of ketones is 1. The van der Waals surface area contributed by atoms with Crippen LogP contribution in [0.5, 0.6) is 11.5 Å². The van der Waals surface area contributed by atoms with Crippen molar-refractivity contribution in [3.05, 3.63) is 93.6 Å². The number of fused-ring (bicyclic) bond motifs is 1. The second kappa shape index (κ2) is 19.8. The highest BCUT2D eigenvalue weighted by atomic mass is 35.5. The quantitative estimate of drug-likeness (QED) is 0.0372. The average Bonchev–Trinajstić information content (AvgIpc) is 3.97. The molecule has 61 heavy (non-hydrogen) atoms. The molecule has 3 aromatic carbocycles. The van der Waals surface area contributed by atoms with Crippen LogP contribution in [0.3, 0.4) is 0 Å². The zero-order valence-corrected chi connectivity index (χ0v) is 36.7. The van der Waals surface area contributed by atoms with Gasteiger partial charge in [0, 0.05) is 42.5 Å². The fraction of sp³-hybridized carbons (Fsp3) is 0.542. The van der Waals surface area contributed by atoms with Crippen molar-refractivity contribution in [3.63, 3.8) is 0 Å². The number of ether oxygens (including phenoxy) is 2. The van der Waals surface area contributed by atoms with Gasteiger partial charge in [0.05, 0.1) is 28.3 Å². The lowest BCUT2D eigenvalue weighted by atomic mass is 10.0. The maximum Gasteiger partial charge on any atom is 0.292 e. The molecule has 328 valence electrons. The molecule has 2 saturated carbocycles. The molecule has 13 heteroatoms. The summed E-state index contributed by atoms with van der Waals surface area (Å²) in [5.74, 6) is 0.326. The number of hydrogen-bond donors (Lipinski definition) is 4. The minimum atomic E-state index is -1.07. The number of unbranched alkanes of at least 4 members (excludes halogenated alkanes) is 1. The van der Waals surface area contributed by atoms with Gasteiger partial charge in [0.15, 0.2) is 0 Å². The van der Waals surface area contributed by atoms with E-state index in [4.69, 9.17) is 38.4 Å². The molecule has 0 radical (unpaired) electrons. The lowest BCUT2D eigenvalue weighted by Gasteiger charge is -2.28. The number of hydrogen-bond acceptors (Lipinski definition) is 9. The van der Waals surface area contributed by atoms with Crippen LogP contribution in [0.15, 0.2) is 66.9 Å². The summed E-state index contributed by atoms with van der Waals surface area (Å²) in [7, 11) is 0. The molecule has 0 bridgehead atoms. The molecule has 8 rings (SSSR count). The van der Waals surface area contributed by atoms with Crippen LogP contribution in [0.25, 0.3) is 10.9 Å². The summed E-state index contributed by atoms with van der Waals surface area (Å²) < 4.78 is 14.3. The van der Waals surface area contributed by atoms with E-state index in [1.165, 1.54) is 12.8 Å². The van der Waals surface area contributed by atoms with E-state index in [1.54, 1.807) is 30.3 Å². The number of aromatic nitrogens is 1. The predicted octanol–water partition coefficient (Wildman–Crippen LogP) is 8.03. The van der Waals surface area contributed by atoms with Crippen LogP contribution in [0.1, 0.15) is 117 Å². The van der Waals surface area contributed by atoms with Gasteiger partial charge in [0.1, 0.15) is 23.7 Å². The van der Waals surface area contributed by atoms with Crippen LogP contribution in [0, 0.1) is 5.92 Å². The van der Waals surface area contributed by atoms with Crippen LogP contribution in [0.2, 0.25) is 10.0 Å². The number of likely N-dealkylation sites (tertiary alicyclic amines) is 2. The summed E-state index contributed by atoms with van der Waals surface area (Å²) in [5, 5.41) is 27.2. The zero-order chi connectivity index (χ0) is 42.6. The number of benzene rings is 3. The van der Waals surface area contributed by atoms with Crippen molar-refractivity contribution >= 4 is 45.8 Å². The van der Waals surface area contributed by atoms with Crippen molar-refractivity contribution in [2.45, 2.75) is 120 Å². The fourth-order valence-electron chi connectivity index (χ4n) is 9.13. The predicted molar refractivity (Wildman–Crippen MR) is 240 cm³/mol. The molecular weight excluding hydrogens is 813 g/mol. The number of rotatable bonds is 21. The third-order valence-electron chi connectivity index (χ3n) is 13.1. The Bertz CT molecular complexity index is 2150. The largest absolute Gasteiger partial charge is 0.489 e. The number of halogens is 2. The van der Waals surface area contributed by atoms with E-state index >= 15 is 0 Å². The molecule has 2 aliphatic heterocycles. The lowest BCUT2D eigenvalue weighted by Crippen LogP contribution is -2.48. The second-order valence-electron chi connectivity index (χ2n) is 18.0. The Morgan fingerprint density at radius 1 is 0.820 bits per heavy atom. The van der Waals surface area contributed by atoms with Gasteiger partial charge in [-0.25, -0.2) is 0 Å². The first-order chi connectivity index (χ1) is 29.5. The van der Waals surface area contributed by atoms with Gasteiger partial charge in [0.2, 0.25) is 5.78 Å². The number of aliphatic hydroxyl groups excluding tert-OH is 2. The molecule has 11 nitrogen and oxygen atoms in total. The molecule has 4 aromatic rings. The van der Waals surface area contributed by atoms with Gasteiger partial charge < -0.3 is 45.1 Å². The van der Waals surface area contributed by atoms with Gasteiger partial charge in [-0.3, -0.25) is 9.59 Å². The Morgan fingerprint density at radius 2 is 1.46 bits per heavy atom. The Morgan fingerprint density at radius 3 is 2.11 bits per heavy atom. The Hall–Kier alpha value is -3.68. The Labute approximate surface area is 369 Å². The third kappa shape index (κ3) is 11.1. The van der Waals surface area contributed by atoms with Crippen LogP contribution in [0.4, 0.5) is 0 Å². The minimum Gasteiger partial charge on any atom is -0.489 e.